The van der Waals surface area contributed by atoms with Gasteiger partial charge in [-0.1, -0.05) is 6.92 Å². The van der Waals surface area contributed by atoms with Gasteiger partial charge in [-0.2, -0.15) is 0 Å². The Labute approximate surface area is 92.1 Å². The largest absolute Gasteiger partial charge is 0.492 e. The van der Waals surface area contributed by atoms with E-state index in [1.807, 2.05) is 18.2 Å². The van der Waals surface area contributed by atoms with Crippen molar-refractivity contribution in [3.8, 4) is 5.75 Å². The molecule has 0 saturated carbocycles. The van der Waals surface area contributed by atoms with Gasteiger partial charge in [0.05, 0.1) is 6.61 Å². The van der Waals surface area contributed by atoms with Crippen molar-refractivity contribution >= 4 is 35.2 Å². The van der Waals surface area contributed by atoms with Crippen LogP contribution in [0.2, 0.25) is 0 Å². The summed E-state index contributed by atoms with van der Waals surface area (Å²) in [6, 6.07) is 5.97. The molecule has 0 amide bonds. The van der Waals surface area contributed by atoms with Crippen LogP contribution in [-0.2, 0) is 0 Å². The SMILES string of the molecule is CCCOc1ccc(I)cc1S. The maximum Gasteiger partial charge on any atom is 0.132 e. The highest BCUT2D eigenvalue weighted by Crippen LogP contribution is 2.24. The van der Waals surface area contributed by atoms with E-state index in [1.54, 1.807) is 0 Å². The van der Waals surface area contributed by atoms with Crippen molar-refractivity contribution in [1.82, 2.24) is 0 Å². The first-order valence-corrected chi connectivity index (χ1v) is 5.38. The van der Waals surface area contributed by atoms with E-state index in [0.717, 1.165) is 23.7 Å². The number of halogens is 1. The van der Waals surface area contributed by atoms with E-state index in [2.05, 4.69) is 42.1 Å². The van der Waals surface area contributed by atoms with Gasteiger partial charge in [0.25, 0.3) is 0 Å². The van der Waals surface area contributed by atoms with Crippen LogP contribution in [-0.4, -0.2) is 6.61 Å². The fraction of sp³-hybridized carbons (Fsp3) is 0.333. The van der Waals surface area contributed by atoms with E-state index in [9.17, 15) is 0 Å². The molecule has 1 rings (SSSR count). The van der Waals surface area contributed by atoms with Crippen LogP contribution in [0, 0.1) is 3.57 Å². The van der Waals surface area contributed by atoms with Crippen molar-refractivity contribution in [3.05, 3.63) is 21.8 Å². The van der Waals surface area contributed by atoms with Crippen molar-refractivity contribution in [2.75, 3.05) is 6.61 Å². The van der Waals surface area contributed by atoms with Crippen LogP contribution in [0.15, 0.2) is 23.1 Å². The van der Waals surface area contributed by atoms with E-state index in [-0.39, 0.29) is 0 Å². The molecule has 12 heavy (non-hydrogen) atoms. The summed E-state index contributed by atoms with van der Waals surface area (Å²) in [6.07, 6.45) is 1.03. The Hall–Kier alpha value is 0.1000. The minimum Gasteiger partial charge on any atom is -0.492 e. The van der Waals surface area contributed by atoms with Crippen molar-refractivity contribution in [3.63, 3.8) is 0 Å². The second kappa shape index (κ2) is 4.97. The van der Waals surface area contributed by atoms with E-state index in [0.29, 0.717) is 0 Å². The van der Waals surface area contributed by atoms with Gasteiger partial charge in [0.1, 0.15) is 5.75 Å². The van der Waals surface area contributed by atoms with Crippen LogP contribution >= 0.6 is 35.2 Å². The van der Waals surface area contributed by atoms with E-state index >= 15 is 0 Å². The molecule has 66 valence electrons. The molecule has 1 aromatic rings. The zero-order valence-electron chi connectivity index (χ0n) is 6.88. The molecule has 0 aromatic heterocycles. The molecule has 0 atom stereocenters. The smallest absolute Gasteiger partial charge is 0.132 e. The molecular weight excluding hydrogens is 283 g/mol. The van der Waals surface area contributed by atoms with E-state index < -0.39 is 0 Å². The van der Waals surface area contributed by atoms with Crippen LogP contribution in [0.1, 0.15) is 13.3 Å². The first-order valence-electron chi connectivity index (χ1n) is 3.85. The molecule has 0 heterocycles. The zero-order valence-corrected chi connectivity index (χ0v) is 9.93. The molecule has 0 aliphatic rings. The summed E-state index contributed by atoms with van der Waals surface area (Å²) in [5.41, 5.74) is 0. The van der Waals surface area contributed by atoms with E-state index in [1.165, 1.54) is 3.57 Å². The number of thiol groups is 1. The Balaban J connectivity index is 2.72. The summed E-state index contributed by atoms with van der Waals surface area (Å²) < 4.78 is 6.64. The molecule has 3 heteroatoms. The minimum atomic E-state index is 0.758. The van der Waals surface area contributed by atoms with Crippen molar-refractivity contribution in [1.29, 1.82) is 0 Å². The fourth-order valence-electron chi connectivity index (χ4n) is 0.825. The summed E-state index contributed by atoms with van der Waals surface area (Å²) >= 11 is 6.57. The summed E-state index contributed by atoms with van der Waals surface area (Å²) in [6.45, 7) is 2.85. The molecular formula is C9H11IOS. The average Bonchev–Trinajstić information content (AvgIpc) is 2.03. The summed E-state index contributed by atoms with van der Waals surface area (Å²) in [4.78, 5) is 0.912. The normalized spacial score (nSPS) is 9.92. The van der Waals surface area contributed by atoms with Gasteiger partial charge >= 0.3 is 0 Å². The average molecular weight is 294 g/mol. The predicted molar refractivity (Wildman–Crippen MR) is 62.2 cm³/mol. The van der Waals surface area contributed by atoms with Crippen LogP contribution in [0.5, 0.6) is 5.75 Å². The molecule has 0 aliphatic carbocycles. The third-order valence-corrected chi connectivity index (χ3v) is 2.40. The highest BCUT2D eigenvalue weighted by atomic mass is 127. The number of benzene rings is 1. The predicted octanol–water partition coefficient (Wildman–Crippen LogP) is 3.37. The molecule has 0 fully saturated rings. The second-order valence-electron chi connectivity index (χ2n) is 2.46. The highest BCUT2D eigenvalue weighted by Gasteiger charge is 1.99. The lowest BCUT2D eigenvalue weighted by atomic mass is 10.3. The summed E-state index contributed by atoms with van der Waals surface area (Å²) in [5, 5.41) is 0. The lowest BCUT2D eigenvalue weighted by Gasteiger charge is -2.06. The van der Waals surface area contributed by atoms with Gasteiger partial charge in [0.2, 0.25) is 0 Å². The summed E-state index contributed by atoms with van der Waals surface area (Å²) in [5.74, 6) is 0.876. The molecule has 0 saturated heterocycles. The zero-order chi connectivity index (χ0) is 8.97. The molecule has 0 bridgehead atoms. The Morgan fingerprint density at radius 3 is 2.83 bits per heavy atom. The van der Waals surface area contributed by atoms with Crippen LogP contribution in [0.4, 0.5) is 0 Å². The number of hydrogen-bond donors (Lipinski definition) is 1. The first-order chi connectivity index (χ1) is 5.74. The lowest BCUT2D eigenvalue weighted by Crippen LogP contribution is -1.95. The molecule has 1 aromatic carbocycles. The van der Waals surface area contributed by atoms with E-state index in [4.69, 9.17) is 4.74 Å². The van der Waals surface area contributed by atoms with Gasteiger partial charge in [0.15, 0.2) is 0 Å². The van der Waals surface area contributed by atoms with Crippen LogP contribution < -0.4 is 4.74 Å². The molecule has 0 N–H and O–H groups in total. The van der Waals surface area contributed by atoms with Crippen LogP contribution in [0.25, 0.3) is 0 Å². The van der Waals surface area contributed by atoms with Gasteiger partial charge in [-0.05, 0) is 47.2 Å². The lowest BCUT2D eigenvalue weighted by molar-refractivity contribution is 0.310. The minimum absolute atomic E-state index is 0.758. The second-order valence-corrected chi connectivity index (χ2v) is 4.19. The number of ether oxygens (including phenoxy) is 1. The monoisotopic (exact) mass is 294 g/mol. The standard InChI is InChI=1S/C9H11IOS/c1-2-5-11-8-4-3-7(10)6-9(8)12/h3-4,6,12H,2,5H2,1H3. The fourth-order valence-corrected chi connectivity index (χ4v) is 1.84. The molecule has 0 unspecified atom stereocenters. The Bertz CT molecular complexity index is 263. The molecule has 0 spiro atoms. The third kappa shape index (κ3) is 2.86. The Kier molecular flexibility index (Phi) is 4.21. The van der Waals surface area contributed by atoms with Gasteiger partial charge in [-0.15, -0.1) is 12.6 Å². The topological polar surface area (TPSA) is 9.23 Å². The first kappa shape index (κ1) is 10.2. The van der Waals surface area contributed by atoms with Gasteiger partial charge in [-0.3, -0.25) is 0 Å². The molecule has 0 aliphatic heterocycles. The molecule has 0 radical (unpaired) electrons. The maximum absolute atomic E-state index is 5.46. The Morgan fingerprint density at radius 2 is 2.25 bits per heavy atom. The summed E-state index contributed by atoms with van der Waals surface area (Å²) in [7, 11) is 0. The van der Waals surface area contributed by atoms with Crippen molar-refractivity contribution in [2.45, 2.75) is 18.2 Å². The van der Waals surface area contributed by atoms with Crippen molar-refractivity contribution < 1.29 is 4.74 Å². The van der Waals surface area contributed by atoms with Crippen LogP contribution in [0.3, 0.4) is 0 Å². The van der Waals surface area contributed by atoms with Gasteiger partial charge in [0, 0.05) is 8.47 Å². The van der Waals surface area contributed by atoms with Gasteiger partial charge in [-0.25, -0.2) is 0 Å². The number of rotatable bonds is 3. The third-order valence-electron chi connectivity index (χ3n) is 1.38. The van der Waals surface area contributed by atoms with Crippen molar-refractivity contribution in [2.24, 2.45) is 0 Å². The quantitative estimate of drug-likeness (QED) is 0.664. The number of hydrogen-bond acceptors (Lipinski definition) is 2. The van der Waals surface area contributed by atoms with Gasteiger partial charge < -0.3 is 4.74 Å². The maximum atomic E-state index is 5.46. The molecule has 1 nitrogen and oxygen atoms in total. The highest BCUT2D eigenvalue weighted by molar-refractivity contribution is 14.1. The Morgan fingerprint density at radius 1 is 1.50 bits per heavy atom.